The van der Waals surface area contributed by atoms with Gasteiger partial charge in [0, 0.05) is 30.1 Å². The number of hydrogen-bond donors (Lipinski definition) is 1. The van der Waals surface area contributed by atoms with E-state index in [1.54, 1.807) is 6.20 Å². The molecule has 3 aliphatic rings. The Bertz CT molecular complexity index is 760. The quantitative estimate of drug-likeness (QED) is 0.927. The lowest BCUT2D eigenvalue weighted by molar-refractivity contribution is -0.00224. The second kappa shape index (κ2) is 6.37. The Morgan fingerprint density at radius 3 is 2.88 bits per heavy atom. The normalized spacial score (nSPS) is 25.6. The largest absolute Gasteiger partial charge is 0.378 e. The van der Waals surface area contributed by atoms with Gasteiger partial charge in [-0.05, 0) is 63.0 Å². The first-order valence-electron chi connectivity index (χ1n) is 9.56. The number of ether oxygens (including phenoxy) is 1. The van der Waals surface area contributed by atoms with Gasteiger partial charge in [-0.1, -0.05) is 6.07 Å². The fourth-order valence-corrected chi connectivity index (χ4v) is 4.11. The first-order chi connectivity index (χ1) is 12.4. The van der Waals surface area contributed by atoms with Crippen LogP contribution in [0.1, 0.15) is 43.4 Å². The van der Waals surface area contributed by atoms with Gasteiger partial charge in [-0.15, -0.1) is 0 Å². The number of aromatic nitrogens is 3. The van der Waals surface area contributed by atoms with E-state index < -0.39 is 0 Å². The molecule has 2 fully saturated rings. The Labute approximate surface area is 148 Å². The molecule has 0 aromatic carbocycles. The molecule has 25 heavy (non-hydrogen) atoms. The molecule has 1 aliphatic heterocycles. The van der Waals surface area contributed by atoms with Crippen LogP contribution in [0.15, 0.2) is 24.4 Å². The van der Waals surface area contributed by atoms with Crippen LogP contribution < -0.4 is 5.32 Å². The molecule has 5 nitrogen and oxygen atoms in total. The van der Waals surface area contributed by atoms with Gasteiger partial charge in [0.25, 0.3) is 0 Å². The lowest BCUT2D eigenvalue weighted by Crippen LogP contribution is -2.35. The van der Waals surface area contributed by atoms with E-state index in [-0.39, 0.29) is 0 Å². The van der Waals surface area contributed by atoms with Crippen LogP contribution in [0.2, 0.25) is 0 Å². The maximum atomic E-state index is 5.97. The first-order valence-corrected chi connectivity index (χ1v) is 9.56. The first kappa shape index (κ1) is 15.3. The topological polar surface area (TPSA) is 59.9 Å². The fourth-order valence-electron chi connectivity index (χ4n) is 4.11. The number of anilines is 1. The molecule has 1 saturated heterocycles. The summed E-state index contributed by atoms with van der Waals surface area (Å²) in [5.41, 5.74) is 3.36. The van der Waals surface area contributed by atoms with E-state index >= 15 is 0 Å². The summed E-state index contributed by atoms with van der Waals surface area (Å²) in [4.78, 5) is 14.1. The molecule has 2 aromatic heterocycles. The van der Waals surface area contributed by atoms with Crippen molar-refractivity contribution >= 4 is 5.82 Å². The van der Waals surface area contributed by atoms with E-state index in [9.17, 15) is 0 Å². The molecular weight excluding hydrogens is 312 g/mol. The molecule has 5 heteroatoms. The van der Waals surface area contributed by atoms with Gasteiger partial charge in [0.2, 0.25) is 0 Å². The molecule has 0 spiro atoms. The highest BCUT2D eigenvalue weighted by atomic mass is 16.5. The summed E-state index contributed by atoms with van der Waals surface area (Å²) in [5, 5.41) is 3.75. The third kappa shape index (κ3) is 3.13. The Morgan fingerprint density at radius 1 is 1.08 bits per heavy atom. The summed E-state index contributed by atoms with van der Waals surface area (Å²) in [6.45, 7) is 0.860. The molecule has 3 heterocycles. The van der Waals surface area contributed by atoms with Crippen molar-refractivity contribution in [2.45, 2.75) is 57.1 Å². The van der Waals surface area contributed by atoms with Crippen LogP contribution in [0.4, 0.5) is 5.82 Å². The Balaban J connectivity index is 1.43. The lowest BCUT2D eigenvalue weighted by Gasteiger charge is -2.31. The molecule has 0 bridgehead atoms. The molecule has 2 aromatic rings. The van der Waals surface area contributed by atoms with Gasteiger partial charge < -0.3 is 10.1 Å². The summed E-state index contributed by atoms with van der Waals surface area (Å²) in [5.74, 6) is 2.57. The van der Waals surface area contributed by atoms with E-state index in [4.69, 9.17) is 14.7 Å². The van der Waals surface area contributed by atoms with E-state index in [1.807, 2.05) is 18.2 Å². The third-order valence-electron chi connectivity index (χ3n) is 5.63. The highest BCUT2D eigenvalue weighted by Crippen LogP contribution is 2.39. The maximum Gasteiger partial charge on any atom is 0.180 e. The zero-order chi connectivity index (χ0) is 16.6. The standard InChI is InChI=1S/C20H24N4O/c1-2-10-21-17(5-1)20-23-16-6-3-4-15(16)19(24-20)22-14-9-11-25-18(12-14)13-7-8-13/h1-2,5,10,13-14,18H,3-4,6-9,11-12H2,(H,22,23,24). The highest BCUT2D eigenvalue weighted by molar-refractivity contribution is 5.58. The predicted molar refractivity (Wildman–Crippen MR) is 96.4 cm³/mol. The fraction of sp³-hybridized carbons (Fsp3) is 0.550. The van der Waals surface area contributed by atoms with E-state index in [2.05, 4.69) is 10.3 Å². The molecule has 2 unspecified atom stereocenters. The van der Waals surface area contributed by atoms with Crippen LogP contribution in [-0.4, -0.2) is 33.7 Å². The monoisotopic (exact) mass is 336 g/mol. The average Bonchev–Trinajstić information content (AvgIpc) is 3.40. The molecule has 1 N–H and O–H groups in total. The average molecular weight is 336 g/mol. The molecular formula is C20H24N4O. The third-order valence-corrected chi connectivity index (χ3v) is 5.63. The van der Waals surface area contributed by atoms with Gasteiger partial charge in [-0.2, -0.15) is 0 Å². The van der Waals surface area contributed by atoms with Crippen LogP contribution >= 0.6 is 0 Å². The summed E-state index contributed by atoms with van der Waals surface area (Å²) >= 11 is 0. The van der Waals surface area contributed by atoms with Crippen molar-refractivity contribution in [1.29, 1.82) is 0 Å². The van der Waals surface area contributed by atoms with Crippen molar-refractivity contribution in [2.24, 2.45) is 5.92 Å². The van der Waals surface area contributed by atoms with Gasteiger partial charge >= 0.3 is 0 Å². The Morgan fingerprint density at radius 2 is 2.04 bits per heavy atom. The van der Waals surface area contributed by atoms with Crippen molar-refractivity contribution in [3.63, 3.8) is 0 Å². The minimum Gasteiger partial charge on any atom is -0.378 e. The van der Waals surface area contributed by atoms with Crippen LogP contribution in [-0.2, 0) is 17.6 Å². The number of pyridine rings is 1. The van der Waals surface area contributed by atoms with Crippen molar-refractivity contribution in [3.05, 3.63) is 35.7 Å². The second-order valence-corrected chi connectivity index (χ2v) is 7.50. The summed E-state index contributed by atoms with van der Waals surface area (Å²) in [6.07, 6.45) is 10.4. The van der Waals surface area contributed by atoms with Crippen LogP contribution in [0, 0.1) is 5.92 Å². The number of nitrogens with zero attached hydrogens (tertiary/aromatic N) is 3. The maximum absolute atomic E-state index is 5.97. The van der Waals surface area contributed by atoms with Crippen LogP contribution in [0.25, 0.3) is 11.5 Å². The summed E-state index contributed by atoms with van der Waals surface area (Å²) in [7, 11) is 0. The number of aryl methyl sites for hydroxylation is 1. The van der Waals surface area contributed by atoms with Gasteiger partial charge in [-0.3, -0.25) is 4.98 Å². The van der Waals surface area contributed by atoms with Gasteiger partial charge in [0.05, 0.1) is 6.10 Å². The Hall–Kier alpha value is -2.01. The van der Waals surface area contributed by atoms with E-state index in [0.29, 0.717) is 12.1 Å². The molecule has 2 atom stereocenters. The smallest absolute Gasteiger partial charge is 0.180 e. The molecule has 1 saturated carbocycles. The zero-order valence-corrected chi connectivity index (χ0v) is 14.4. The highest BCUT2D eigenvalue weighted by Gasteiger charge is 2.36. The number of hydrogen-bond acceptors (Lipinski definition) is 5. The number of nitrogens with one attached hydrogen (secondary N) is 1. The molecule has 0 amide bonds. The summed E-state index contributed by atoms with van der Waals surface area (Å²) < 4.78 is 5.97. The molecule has 2 aliphatic carbocycles. The predicted octanol–water partition coefficient (Wildman–Crippen LogP) is 3.40. The lowest BCUT2D eigenvalue weighted by atomic mass is 10.00. The second-order valence-electron chi connectivity index (χ2n) is 7.50. The van der Waals surface area contributed by atoms with Gasteiger partial charge in [0.15, 0.2) is 5.82 Å². The van der Waals surface area contributed by atoms with Gasteiger partial charge in [0.1, 0.15) is 11.5 Å². The van der Waals surface area contributed by atoms with Crippen LogP contribution in [0.3, 0.4) is 0 Å². The molecule has 5 rings (SSSR count). The zero-order valence-electron chi connectivity index (χ0n) is 14.4. The molecule has 130 valence electrons. The van der Waals surface area contributed by atoms with Crippen molar-refractivity contribution in [2.75, 3.05) is 11.9 Å². The summed E-state index contributed by atoms with van der Waals surface area (Å²) in [6, 6.07) is 6.36. The minimum atomic E-state index is 0.441. The van der Waals surface area contributed by atoms with E-state index in [1.165, 1.54) is 30.5 Å². The van der Waals surface area contributed by atoms with Gasteiger partial charge in [-0.25, -0.2) is 9.97 Å². The SMILES string of the molecule is c1ccc(-c2nc3c(c(NC4CCOC(C5CC5)C4)n2)CCC3)nc1. The van der Waals surface area contributed by atoms with Crippen LogP contribution in [0.5, 0.6) is 0 Å². The van der Waals surface area contributed by atoms with Crippen molar-refractivity contribution < 1.29 is 4.74 Å². The van der Waals surface area contributed by atoms with Crippen molar-refractivity contribution in [3.8, 4) is 11.5 Å². The van der Waals surface area contributed by atoms with E-state index in [0.717, 1.165) is 55.5 Å². The molecule has 0 radical (unpaired) electrons. The Kier molecular flexibility index (Phi) is 3.89. The van der Waals surface area contributed by atoms with Crippen molar-refractivity contribution in [1.82, 2.24) is 15.0 Å². The number of fused-ring (bicyclic) bond motifs is 1. The number of rotatable bonds is 4. The minimum absolute atomic E-state index is 0.441.